The number of fused-ring (bicyclic) bond motifs is 1. The molecule has 0 bridgehead atoms. The van der Waals surface area contributed by atoms with Gasteiger partial charge in [0.05, 0.1) is 23.9 Å². The largest absolute Gasteiger partial charge is 0.504 e. The number of methoxy groups -OCH3 is 1. The number of nitriles is 1. The van der Waals surface area contributed by atoms with Crippen molar-refractivity contribution in [2.24, 2.45) is 0 Å². The highest BCUT2D eigenvalue weighted by molar-refractivity contribution is 5.92. The minimum absolute atomic E-state index is 0.0508. The Kier molecular flexibility index (Phi) is 9.10. The number of rotatable bonds is 9. The standard InChI is InChI=1S/C35H32FN7O4/c1-47-30-10-9-24(19-29(30)44)32-33(25-7-8-26(20-37)28(36)18-25)40-35(43-17-14-38-34(32)43)42-15-12-27(13-16-42)39-21-23-4-2-22(3-5-23)6-11-31(45)41-46/h2-11,14,17-19,27,39,44,46H,12-13,15-16,21H2,1H3,(H,41,45)/b11-6+. The minimum Gasteiger partial charge on any atom is -0.504 e. The lowest BCUT2D eigenvalue weighted by Gasteiger charge is -2.34. The number of halogens is 1. The van der Waals surface area contributed by atoms with E-state index >= 15 is 0 Å². The number of piperidine rings is 1. The number of imidazole rings is 1. The molecule has 1 aliphatic rings. The lowest BCUT2D eigenvalue weighted by molar-refractivity contribution is -0.124. The van der Waals surface area contributed by atoms with Crippen molar-refractivity contribution in [1.82, 2.24) is 25.2 Å². The molecule has 0 spiro atoms. The molecule has 0 radical (unpaired) electrons. The third kappa shape index (κ3) is 6.62. The molecule has 6 rings (SSSR count). The van der Waals surface area contributed by atoms with Crippen LogP contribution in [0.25, 0.3) is 34.1 Å². The Morgan fingerprint density at radius 3 is 2.57 bits per heavy atom. The number of aromatic hydroxyl groups is 1. The van der Waals surface area contributed by atoms with Crippen LogP contribution in [-0.4, -0.2) is 56.8 Å². The SMILES string of the molecule is COc1ccc(-c2c(-c3ccc(C#N)c(F)c3)nc(N3CCC(NCc4ccc(/C=C/C(=O)NO)cc4)CC3)n3ccnc23)cc1O. The number of amides is 1. The lowest BCUT2D eigenvalue weighted by atomic mass is 9.98. The summed E-state index contributed by atoms with van der Waals surface area (Å²) in [6.07, 6.45) is 8.14. The number of phenols is 1. The summed E-state index contributed by atoms with van der Waals surface area (Å²) in [6, 6.07) is 19.4. The molecule has 12 heteroatoms. The van der Waals surface area contributed by atoms with Crippen LogP contribution in [0.1, 0.15) is 29.5 Å². The predicted molar refractivity (Wildman–Crippen MR) is 174 cm³/mol. The normalized spacial score (nSPS) is 13.6. The van der Waals surface area contributed by atoms with Gasteiger partial charge in [-0.25, -0.2) is 19.8 Å². The zero-order chi connectivity index (χ0) is 32.9. The van der Waals surface area contributed by atoms with E-state index < -0.39 is 11.7 Å². The Morgan fingerprint density at radius 1 is 1.13 bits per heavy atom. The molecule has 1 saturated heterocycles. The van der Waals surface area contributed by atoms with E-state index in [-0.39, 0.29) is 17.4 Å². The van der Waals surface area contributed by atoms with Crippen molar-refractivity contribution in [2.45, 2.75) is 25.4 Å². The van der Waals surface area contributed by atoms with Crippen LogP contribution >= 0.6 is 0 Å². The second-order valence-corrected chi connectivity index (χ2v) is 11.1. The molecular formula is C35H32FN7O4. The van der Waals surface area contributed by atoms with Crippen molar-refractivity contribution >= 4 is 23.6 Å². The van der Waals surface area contributed by atoms with E-state index in [0.717, 1.165) is 37.1 Å². The zero-order valence-electron chi connectivity index (χ0n) is 25.5. The first-order chi connectivity index (χ1) is 22.9. The van der Waals surface area contributed by atoms with Crippen molar-refractivity contribution in [1.29, 1.82) is 5.26 Å². The highest BCUT2D eigenvalue weighted by Gasteiger charge is 2.26. The number of hydrogen-bond acceptors (Lipinski definition) is 9. The number of carbonyl (C=O) groups is 1. The Hall–Kier alpha value is -5.77. The molecule has 1 aliphatic heterocycles. The van der Waals surface area contributed by atoms with Crippen LogP contribution in [0.4, 0.5) is 10.3 Å². The molecule has 238 valence electrons. The molecule has 4 N–H and O–H groups in total. The van der Waals surface area contributed by atoms with Gasteiger partial charge in [-0.05, 0) is 59.9 Å². The fourth-order valence-electron chi connectivity index (χ4n) is 5.76. The molecule has 2 aromatic heterocycles. The minimum atomic E-state index is -0.646. The van der Waals surface area contributed by atoms with Gasteiger partial charge in [-0.1, -0.05) is 36.4 Å². The van der Waals surface area contributed by atoms with Crippen LogP contribution in [0.3, 0.4) is 0 Å². The van der Waals surface area contributed by atoms with E-state index in [2.05, 4.69) is 15.2 Å². The van der Waals surface area contributed by atoms with Crippen molar-refractivity contribution in [3.05, 3.63) is 102 Å². The average Bonchev–Trinajstić information content (AvgIpc) is 3.59. The average molecular weight is 634 g/mol. The number of carbonyl (C=O) groups excluding carboxylic acids is 1. The van der Waals surface area contributed by atoms with Crippen LogP contribution in [0.2, 0.25) is 0 Å². The summed E-state index contributed by atoms with van der Waals surface area (Å²) in [4.78, 5) is 23.2. The Balaban J connectivity index is 1.25. The van der Waals surface area contributed by atoms with Crippen LogP contribution in [0.15, 0.2) is 79.1 Å². The van der Waals surface area contributed by atoms with Gasteiger partial charge in [0.15, 0.2) is 11.5 Å². The Morgan fingerprint density at radius 2 is 1.89 bits per heavy atom. The second-order valence-electron chi connectivity index (χ2n) is 11.1. The molecule has 0 unspecified atom stereocenters. The summed E-state index contributed by atoms with van der Waals surface area (Å²) in [6.45, 7) is 2.13. The van der Waals surface area contributed by atoms with Gasteiger partial charge in [0.1, 0.15) is 17.5 Å². The van der Waals surface area contributed by atoms with Gasteiger partial charge in [0.2, 0.25) is 5.95 Å². The van der Waals surface area contributed by atoms with Gasteiger partial charge in [0, 0.05) is 49.7 Å². The molecule has 0 saturated carbocycles. The van der Waals surface area contributed by atoms with Crippen LogP contribution in [-0.2, 0) is 11.3 Å². The summed E-state index contributed by atoms with van der Waals surface area (Å²) in [5.74, 6) is -0.300. The number of phenolic OH excluding ortho intramolecular Hbond substituents is 1. The first-order valence-corrected chi connectivity index (χ1v) is 15.0. The van der Waals surface area contributed by atoms with Crippen LogP contribution in [0, 0.1) is 17.1 Å². The van der Waals surface area contributed by atoms with E-state index in [4.69, 9.17) is 14.9 Å². The molecule has 0 aliphatic carbocycles. The molecule has 1 fully saturated rings. The third-order valence-corrected chi connectivity index (χ3v) is 8.25. The number of nitrogens with zero attached hydrogens (tertiary/aromatic N) is 5. The molecule has 47 heavy (non-hydrogen) atoms. The van der Waals surface area contributed by atoms with E-state index in [1.54, 1.807) is 42.0 Å². The molecule has 1 amide bonds. The summed E-state index contributed by atoms with van der Waals surface area (Å²) in [7, 11) is 1.47. The van der Waals surface area contributed by atoms with Gasteiger partial charge < -0.3 is 20.1 Å². The molecule has 3 heterocycles. The second kappa shape index (κ2) is 13.7. The maximum absolute atomic E-state index is 14.9. The Bertz CT molecular complexity index is 1990. The predicted octanol–water partition coefficient (Wildman–Crippen LogP) is 5.07. The fourth-order valence-corrected chi connectivity index (χ4v) is 5.76. The first-order valence-electron chi connectivity index (χ1n) is 15.0. The van der Waals surface area contributed by atoms with Crippen molar-refractivity contribution in [3.63, 3.8) is 0 Å². The number of ether oxygens (including phenoxy) is 1. The van der Waals surface area contributed by atoms with E-state index in [1.807, 2.05) is 40.9 Å². The third-order valence-electron chi connectivity index (χ3n) is 8.25. The van der Waals surface area contributed by atoms with Crippen molar-refractivity contribution in [2.75, 3.05) is 25.1 Å². The number of aromatic nitrogens is 3. The van der Waals surface area contributed by atoms with E-state index in [0.29, 0.717) is 46.3 Å². The molecule has 5 aromatic rings. The van der Waals surface area contributed by atoms with Crippen molar-refractivity contribution in [3.8, 4) is 40.0 Å². The van der Waals surface area contributed by atoms with Crippen LogP contribution in [0.5, 0.6) is 11.5 Å². The maximum atomic E-state index is 14.9. The first kappa shape index (κ1) is 31.2. The van der Waals surface area contributed by atoms with E-state index in [1.165, 1.54) is 25.3 Å². The van der Waals surface area contributed by atoms with Gasteiger partial charge >= 0.3 is 0 Å². The fraction of sp³-hybridized carbons (Fsp3) is 0.200. The smallest absolute Gasteiger partial charge is 0.267 e. The quantitative estimate of drug-likeness (QED) is 0.0993. The monoisotopic (exact) mass is 633 g/mol. The van der Waals surface area contributed by atoms with Crippen LogP contribution < -0.4 is 20.4 Å². The summed E-state index contributed by atoms with van der Waals surface area (Å²) < 4.78 is 22.1. The van der Waals surface area contributed by atoms with Gasteiger partial charge in [-0.3, -0.25) is 14.4 Å². The topological polar surface area (TPSA) is 148 Å². The van der Waals surface area contributed by atoms with Gasteiger partial charge in [0.25, 0.3) is 5.91 Å². The number of hydroxylamine groups is 1. The number of nitrogens with one attached hydrogen (secondary N) is 2. The zero-order valence-corrected chi connectivity index (χ0v) is 25.5. The molecule has 3 aromatic carbocycles. The number of anilines is 1. The van der Waals surface area contributed by atoms with Crippen molar-refractivity contribution < 1.29 is 24.2 Å². The van der Waals surface area contributed by atoms with Gasteiger partial charge in [-0.15, -0.1) is 0 Å². The summed E-state index contributed by atoms with van der Waals surface area (Å²) in [5, 5.41) is 32.2. The Labute approximate surface area is 270 Å². The summed E-state index contributed by atoms with van der Waals surface area (Å²) in [5.41, 5.74) is 6.25. The highest BCUT2D eigenvalue weighted by Crippen LogP contribution is 2.40. The lowest BCUT2D eigenvalue weighted by Crippen LogP contribution is -2.43. The summed E-state index contributed by atoms with van der Waals surface area (Å²) >= 11 is 0. The molecule has 11 nitrogen and oxygen atoms in total. The molecule has 0 atom stereocenters. The number of benzene rings is 3. The highest BCUT2D eigenvalue weighted by atomic mass is 19.1. The van der Waals surface area contributed by atoms with E-state index in [9.17, 15) is 19.6 Å². The molecular weight excluding hydrogens is 601 g/mol. The van der Waals surface area contributed by atoms with Gasteiger partial charge in [-0.2, -0.15) is 5.26 Å². The maximum Gasteiger partial charge on any atom is 0.267 e. The number of hydrogen-bond donors (Lipinski definition) is 4.